The van der Waals surface area contributed by atoms with Gasteiger partial charge in [0.15, 0.2) is 0 Å². The molecule has 4 aliphatic rings. The smallest absolute Gasteiger partial charge is 0.235 e. The van der Waals surface area contributed by atoms with Gasteiger partial charge in [-0.25, -0.2) is 19.6 Å². The fraction of sp³-hybridized carbons (Fsp3) is 0.739. The van der Waals surface area contributed by atoms with Gasteiger partial charge in [0.1, 0.15) is 0 Å². The summed E-state index contributed by atoms with van der Waals surface area (Å²) in [7, 11) is 0. The van der Waals surface area contributed by atoms with Crippen LogP contribution in [-0.2, 0) is 19.2 Å². The fourth-order valence-electron chi connectivity index (χ4n) is 7.63. The zero-order valence-electron chi connectivity index (χ0n) is 17.3. The molecule has 4 atom stereocenters. The van der Waals surface area contributed by atoms with Crippen molar-refractivity contribution in [1.82, 2.24) is 0 Å². The molecule has 4 aliphatic carbocycles. The van der Waals surface area contributed by atoms with Gasteiger partial charge >= 0.3 is 0 Å². The minimum absolute atomic E-state index is 0.0279. The number of isocyanates is 2. The number of fused-ring (bicyclic) bond motifs is 2. The Kier molecular flexibility index (Phi) is 5.71. The quantitative estimate of drug-likeness (QED) is 0.343. The van der Waals surface area contributed by atoms with Gasteiger partial charge in [-0.1, -0.05) is 12.2 Å². The maximum Gasteiger partial charge on any atom is 0.235 e. The Morgan fingerprint density at radius 2 is 1.35 bits per heavy atom. The minimum Gasteiger partial charge on any atom is -0.550 e. The van der Waals surface area contributed by atoms with Gasteiger partial charge in [-0.05, 0) is 75.5 Å². The summed E-state index contributed by atoms with van der Waals surface area (Å²) < 4.78 is 0. The first-order valence-corrected chi connectivity index (χ1v) is 11.2. The first kappa shape index (κ1) is 21.7. The predicted octanol–water partition coefficient (Wildman–Crippen LogP) is 0.454. The zero-order chi connectivity index (χ0) is 22.2. The van der Waals surface area contributed by atoms with E-state index in [1.807, 2.05) is 12.2 Å². The molecule has 166 valence electrons. The molecule has 0 radical (unpaired) electrons. The first-order chi connectivity index (χ1) is 14.9. The summed E-state index contributed by atoms with van der Waals surface area (Å²) in [5.41, 5.74) is -2.37. The Morgan fingerprint density at radius 3 is 1.81 bits per heavy atom. The molecule has 0 aromatic carbocycles. The number of carboxylic acid groups (broad SMARTS) is 2. The Hall–Kier alpha value is -2.56. The molecule has 0 aliphatic heterocycles. The molecule has 31 heavy (non-hydrogen) atoms. The molecule has 0 aromatic heterocycles. The van der Waals surface area contributed by atoms with Gasteiger partial charge in [-0.15, -0.1) is 0 Å². The number of hydrogen-bond donors (Lipinski definition) is 0. The van der Waals surface area contributed by atoms with E-state index in [0.29, 0.717) is 57.8 Å². The first-order valence-electron chi connectivity index (χ1n) is 11.2. The lowest BCUT2D eigenvalue weighted by Gasteiger charge is -2.58. The van der Waals surface area contributed by atoms with Crippen molar-refractivity contribution < 1.29 is 29.4 Å². The Bertz CT molecular complexity index is 872. The Morgan fingerprint density at radius 1 is 0.839 bits per heavy atom. The van der Waals surface area contributed by atoms with Crippen LogP contribution in [0.5, 0.6) is 0 Å². The maximum atomic E-state index is 13.0. The molecule has 0 aromatic rings. The molecular weight excluding hydrogens is 400 g/mol. The average molecular weight is 426 g/mol. The van der Waals surface area contributed by atoms with E-state index >= 15 is 0 Å². The van der Waals surface area contributed by atoms with Crippen LogP contribution in [0.25, 0.3) is 0 Å². The normalized spacial score (nSPS) is 43.6. The molecular formula is C23H26N2O6-2. The van der Waals surface area contributed by atoms with E-state index in [-0.39, 0.29) is 29.8 Å². The number of nitrogens with zero attached hydrogens (tertiary/aromatic N) is 2. The molecule has 8 heteroatoms. The van der Waals surface area contributed by atoms with E-state index in [1.165, 1.54) is 0 Å². The molecule has 8 nitrogen and oxygen atoms in total. The summed E-state index contributed by atoms with van der Waals surface area (Å²) in [5.74, 6) is -4.57. The topological polar surface area (TPSA) is 139 Å². The predicted molar refractivity (Wildman–Crippen MR) is 103 cm³/mol. The molecule has 2 bridgehead atoms. The third-order valence-electron chi connectivity index (χ3n) is 8.73. The van der Waals surface area contributed by atoms with Crippen LogP contribution in [0.2, 0.25) is 0 Å². The van der Waals surface area contributed by atoms with E-state index in [4.69, 9.17) is 0 Å². The number of carboxylic acids is 2. The van der Waals surface area contributed by atoms with Crippen molar-refractivity contribution >= 4 is 24.1 Å². The lowest BCUT2D eigenvalue weighted by Crippen LogP contribution is -2.64. The third-order valence-corrected chi connectivity index (χ3v) is 8.73. The highest BCUT2D eigenvalue weighted by Gasteiger charge is 2.70. The van der Waals surface area contributed by atoms with Gasteiger partial charge in [0, 0.05) is 28.7 Å². The molecule has 0 amide bonds. The van der Waals surface area contributed by atoms with Crippen LogP contribution in [0, 0.1) is 34.5 Å². The van der Waals surface area contributed by atoms with E-state index in [9.17, 15) is 29.4 Å². The average Bonchev–Trinajstić information content (AvgIpc) is 3.32. The van der Waals surface area contributed by atoms with Gasteiger partial charge < -0.3 is 19.8 Å². The van der Waals surface area contributed by atoms with Crippen LogP contribution in [0.3, 0.4) is 0 Å². The van der Waals surface area contributed by atoms with Crippen LogP contribution in [-0.4, -0.2) is 36.2 Å². The molecule has 0 saturated heterocycles. The van der Waals surface area contributed by atoms with Crippen molar-refractivity contribution in [3.63, 3.8) is 0 Å². The molecule has 3 fully saturated rings. The van der Waals surface area contributed by atoms with Gasteiger partial charge in [0.25, 0.3) is 0 Å². The van der Waals surface area contributed by atoms with Crippen molar-refractivity contribution in [2.24, 2.45) is 44.5 Å². The number of carbonyl (C=O) groups excluding carboxylic acids is 4. The van der Waals surface area contributed by atoms with Crippen LogP contribution in [0.1, 0.15) is 57.8 Å². The summed E-state index contributed by atoms with van der Waals surface area (Å²) in [6, 6.07) is -0.311. The van der Waals surface area contributed by atoms with Crippen molar-refractivity contribution in [3.8, 4) is 0 Å². The van der Waals surface area contributed by atoms with Gasteiger partial charge in [-0.3, -0.25) is 0 Å². The van der Waals surface area contributed by atoms with E-state index in [1.54, 1.807) is 12.2 Å². The number of aliphatic imine (C=N–C) groups is 2. The van der Waals surface area contributed by atoms with Crippen molar-refractivity contribution in [2.75, 3.05) is 0 Å². The summed E-state index contributed by atoms with van der Waals surface area (Å²) in [5, 5.41) is 25.3. The summed E-state index contributed by atoms with van der Waals surface area (Å²) in [6.07, 6.45) is 12.1. The molecule has 0 heterocycles. The Balaban J connectivity index is 1.74. The standard InChI is InChI=1S/C23H28N2O6/c26-12-24-17-5-1-15(2-6-17)22-10-9-14(11-22)19(20(28)29)23(22,21(30)31)16-3-7-18(8-4-16)25-13-27/h9-10,14-19H,1-8,11H2,(H,28,29)(H,30,31)/p-2. The van der Waals surface area contributed by atoms with Crippen LogP contribution >= 0.6 is 0 Å². The molecule has 4 unspecified atom stereocenters. The summed E-state index contributed by atoms with van der Waals surface area (Å²) >= 11 is 0. The van der Waals surface area contributed by atoms with Crippen LogP contribution < -0.4 is 10.2 Å². The molecule has 4 rings (SSSR count). The van der Waals surface area contributed by atoms with Crippen molar-refractivity contribution in [3.05, 3.63) is 12.2 Å². The van der Waals surface area contributed by atoms with E-state index < -0.39 is 28.7 Å². The maximum absolute atomic E-state index is 13.0. The van der Waals surface area contributed by atoms with Crippen LogP contribution in [0.4, 0.5) is 0 Å². The molecule has 3 saturated carbocycles. The fourth-order valence-corrected chi connectivity index (χ4v) is 7.63. The zero-order valence-corrected chi connectivity index (χ0v) is 17.3. The highest BCUT2D eigenvalue weighted by atomic mass is 16.4. The number of carbonyl (C=O) groups is 2. The highest BCUT2D eigenvalue weighted by molar-refractivity contribution is 5.85. The van der Waals surface area contributed by atoms with Gasteiger partial charge in [-0.2, -0.15) is 0 Å². The minimum atomic E-state index is -1.55. The van der Waals surface area contributed by atoms with Crippen LogP contribution in [0.15, 0.2) is 22.1 Å². The van der Waals surface area contributed by atoms with Gasteiger partial charge in [0.05, 0.1) is 12.1 Å². The number of rotatable bonds is 6. The largest absolute Gasteiger partial charge is 0.550 e. The molecule has 0 spiro atoms. The SMILES string of the molecule is O=C=NC1CCC(C23C=CC(C2)C(C(=O)[O-])C3(C(=O)[O-])C2CCC(N=C=O)CC2)CC1. The van der Waals surface area contributed by atoms with E-state index in [2.05, 4.69) is 9.98 Å². The summed E-state index contributed by atoms with van der Waals surface area (Å²) in [6.45, 7) is 0. The van der Waals surface area contributed by atoms with Gasteiger partial charge in [0.2, 0.25) is 12.2 Å². The number of aliphatic carboxylic acids is 2. The highest BCUT2D eigenvalue weighted by Crippen LogP contribution is 2.72. The van der Waals surface area contributed by atoms with E-state index in [0.717, 1.165) is 0 Å². The Labute approximate surface area is 180 Å². The third kappa shape index (κ3) is 3.12. The lowest BCUT2D eigenvalue weighted by atomic mass is 9.47. The summed E-state index contributed by atoms with van der Waals surface area (Å²) in [4.78, 5) is 54.2. The van der Waals surface area contributed by atoms with Crippen molar-refractivity contribution in [1.29, 1.82) is 0 Å². The monoisotopic (exact) mass is 426 g/mol. The second kappa shape index (κ2) is 8.18. The van der Waals surface area contributed by atoms with Crippen molar-refractivity contribution in [2.45, 2.75) is 69.9 Å². The second-order valence-electron chi connectivity index (χ2n) is 9.67. The number of hydrogen-bond acceptors (Lipinski definition) is 8. The second-order valence-corrected chi connectivity index (χ2v) is 9.67. The molecule has 0 N–H and O–H groups in total. The number of allylic oxidation sites excluding steroid dienone is 2. The lowest BCUT2D eigenvalue weighted by molar-refractivity contribution is -0.345.